The Morgan fingerprint density at radius 2 is 0.778 bits per heavy atom. The number of hydrogen-bond acceptors (Lipinski definition) is 2. The van der Waals surface area contributed by atoms with Gasteiger partial charge in [-0.3, -0.25) is 0 Å². The molecule has 0 atom stereocenters. The predicted octanol–water partition coefficient (Wildman–Crippen LogP) is 5.95. The Labute approximate surface area is 193 Å². The third kappa shape index (κ3) is 14.2. The second kappa shape index (κ2) is 13.7. The minimum atomic E-state index is 0. The van der Waals surface area contributed by atoms with Crippen LogP contribution in [-0.4, -0.2) is 5.48 Å². The number of rotatable bonds is 0. The van der Waals surface area contributed by atoms with E-state index >= 15 is 0 Å². The SMILES string of the molecule is Cc1cc(C)c([S-])c(C)c1.Cc1cc(C)c([S-])c(C)c1.O.[CH]C(C)(C)C.[W+2]. The summed E-state index contributed by atoms with van der Waals surface area (Å²) >= 11 is 10.3. The van der Waals surface area contributed by atoms with Crippen LogP contribution in [0.5, 0.6) is 0 Å². The van der Waals surface area contributed by atoms with E-state index in [2.05, 4.69) is 65.8 Å². The van der Waals surface area contributed by atoms with Crippen LogP contribution < -0.4 is 0 Å². The Morgan fingerprint density at radius 1 is 0.630 bits per heavy atom. The van der Waals surface area contributed by atoms with Crippen LogP contribution >= 0.6 is 0 Å². The Balaban J connectivity index is -0.000000326. The Hall–Kier alpha value is -0.472. The van der Waals surface area contributed by atoms with Crippen molar-refractivity contribution in [1.82, 2.24) is 0 Å². The molecule has 0 amide bonds. The number of hydrogen-bond donors (Lipinski definition) is 0. The molecule has 0 aliphatic carbocycles. The normalized spacial score (nSPS) is 9.56. The summed E-state index contributed by atoms with van der Waals surface area (Å²) in [7, 11) is 0. The largest absolute Gasteiger partial charge is 2.00 e. The van der Waals surface area contributed by atoms with Crippen molar-refractivity contribution in [2.75, 3.05) is 0 Å². The first-order valence-corrected chi connectivity index (χ1v) is 9.32. The van der Waals surface area contributed by atoms with E-state index in [1.807, 2.05) is 20.8 Å². The van der Waals surface area contributed by atoms with Gasteiger partial charge in [0.25, 0.3) is 0 Å². The van der Waals surface area contributed by atoms with Crippen molar-refractivity contribution in [3.8, 4) is 0 Å². The van der Waals surface area contributed by atoms with Crippen molar-refractivity contribution < 1.29 is 26.5 Å². The minimum absolute atomic E-state index is 0. The molecular weight excluding hydrogens is 540 g/mol. The van der Waals surface area contributed by atoms with Crippen molar-refractivity contribution in [3.63, 3.8) is 0 Å². The molecule has 2 radical (unpaired) electrons. The van der Waals surface area contributed by atoms with Crippen molar-refractivity contribution in [3.05, 3.63) is 64.6 Å². The summed E-state index contributed by atoms with van der Waals surface area (Å²) in [5.41, 5.74) is 7.45. The molecule has 0 unspecified atom stereocenters. The van der Waals surface area contributed by atoms with E-state index in [1.165, 1.54) is 33.4 Å². The fourth-order valence-electron chi connectivity index (χ4n) is 2.33. The molecule has 2 aromatic carbocycles. The molecule has 4 heteroatoms. The minimum Gasteiger partial charge on any atom is -0.779 e. The van der Waals surface area contributed by atoms with E-state index < -0.39 is 0 Å². The van der Waals surface area contributed by atoms with Gasteiger partial charge >= 0.3 is 21.1 Å². The molecule has 0 bridgehead atoms. The zero-order valence-electron chi connectivity index (χ0n) is 18.1. The van der Waals surface area contributed by atoms with Crippen LogP contribution in [-0.2, 0) is 46.3 Å². The standard InChI is InChI=1S/2C9H12S.C5H10.H2O.W/c2*1-6-4-7(2)9(10)8(3)5-6;1-5(2,3)4;;/h2*4-5,10H,1-3H3;1H,2-4H3;1H2;/q;;;;+2/p-2. The van der Waals surface area contributed by atoms with Gasteiger partial charge < -0.3 is 30.7 Å². The Morgan fingerprint density at radius 3 is 0.926 bits per heavy atom. The van der Waals surface area contributed by atoms with Crippen LogP contribution in [0.25, 0.3) is 0 Å². The molecule has 27 heavy (non-hydrogen) atoms. The van der Waals surface area contributed by atoms with Crippen molar-refractivity contribution in [2.24, 2.45) is 5.41 Å². The summed E-state index contributed by atoms with van der Waals surface area (Å²) in [6.45, 7) is 23.7. The molecule has 0 aliphatic heterocycles. The average molecular weight is 574 g/mol. The van der Waals surface area contributed by atoms with E-state index in [9.17, 15) is 0 Å². The Bertz CT molecular complexity index is 597. The van der Waals surface area contributed by atoms with Gasteiger partial charge in [0.1, 0.15) is 0 Å². The molecular formula is C23H34OS2W. The van der Waals surface area contributed by atoms with Crippen molar-refractivity contribution in [1.29, 1.82) is 0 Å². The summed E-state index contributed by atoms with van der Waals surface area (Å²) in [4.78, 5) is 2.01. The van der Waals surface area contributed by atoms with Crippen LogP contribution in [0, 0.1) is 53.9 Å². The topological polar surface area (TPSA) is 31.5 Å². The maximum atomic E-state index is 5.35. The fraction of sp³-hybridized carbons (Fsp3) is 0.435. The van der Waals surface area contributed by atoms with Crippen LogP contribution in [0.15, 0.2) is 34.1 Å². The van der Waals surface area contributed by atoms with Gasteiger partial charge in [-0.2, -0.15) is 9.79 Å². The van der Waals surface area contributed by atoms with E-state index in [1.54, 1.807) is 0 Å². The molecule has 2 aromatic rings. The first kappa shape index (κ1) is 31.2. The summed E-state index contributed by atoms with van der Waals surface area (Å²) < 4.78 is 0. The quantitative estimate of drug-likeness (QED) is 0.365. The van der Waals surface area contributed by atoms with Gasteiger partial charge in [0.2, 0.25) is 0 Å². The predicted molar refractivity (Wildman–Crippen MR) is 120 cm³/mol. The molecule has 0 aromatic heterocycles. The smallest absolute Gasteiger partial charge is 0.779 e. The van der Waals surface area contributed by atoms with Gasteiger partial charge in [-0.05, 0) is 53.9 Å². The molecule has 2 rings (SSSR count). The molecule has 1 nitrogen and oxygen atoms in total. The van der Waals surface area contributed by atoms with Gasteiger partial charge in [-0.15, -0.1) is 0 Å². The average Bonchev–Trinajstić information content (AvgIpc) is 2.40. The summed E-state index contributed by atoms with van der Waals surface area (Å²) in [5, 5.41) is 0. The summed E-state index contributed by atoms with van der Waals surface area (Å²) in [5.74, 6) is 0. The van der Waals surface area contributed by atoms with Crippen molar-refractivity contribution in [2.45, 2.75) is 72.1 Å². The first-order valence-electron chi connectivity index (χ1n) is 8.51. The van der Waals surface area contributed by atoms with Gasteiger partial charge in [0.15, 0.2) is 0 Å². The van der Waals surface area contributed by atoms with Gasteiger partial charge in [0.05, 0.1) is 0 Å². The monoisotopic (exact) mass is 574 g/mol. The van der Waals surface area contributed by atoms with Crippen LogP contribution in [0.2, 0.25) is 0 Å². The number of aryl methyl sites for hydroxylation is 6. The van der Waals surface area contributed by atoms with Gasteiger partial charge in [-0.25, -0.2) is 0 Å². The van der Waals surface area contributed by atoms with E-state index in [0.29, 0.717) is 0 Å². The van der Waals surface area contributed by atoms with Crippen LogP contribution in [0.1, 0.15) is 54.2 Å². The van der Waals surface area contributed by atoms with E-state index in [0.717, 1.165) is 9.79 Å². The maximum Gasteiger partial charge on any atom is 2.00 e. The Kier molecular flexibility index (Phi) is 15.8. The van der Waals surface area contributed by atoms with E-state index in [-0.39, 0.29) is 32.0 Å². The molecule has 0 aliphatic rings. The second-order valence-electron chi connectivity index (χ2n) is 7.82. The van der Waals surface area contributed by atoms with Crippen molar-refractivity contribution >= 4 is 25.3 Å². The van der Waals surface area contributed by atoms with Gasteiger partial charge in [0, 0.05) is 0 Å². The molecule has 0 saturated heterocycles. The summed E-state index contributed by atoms with van der Waals surface area (Å²) in [6, 6.07) is 8.48. The zero-order chi connectivity index (χ0) is 19.9. The fourth-order valence-corrected chi connectivity index (χ4v) is 2.57. The van der Waals surface area contributed by atoms with Crippen LogP contribution in [0.4, 0.5) is 0 Å². The first-order chi connectivity index (χ1) is 11.2. The molecule has 150 valence electrons. The summed E-state index contributed by atoms with van der Waals surface area (Å²) in [6.07, 6.45) is 0. The molecule has 0 saturated carbocycles. The van der Waals surface area contributed by atoms with Crippen LogP contribution in [0.3, 0.4) is 0 Å². The molecule has 0 heterocycles. The molecule has 2 N–H and O–H groups in total. The molecule has 0 spiro atoms. The third-order valence-electron chi connectivity index (χ3n) is 3.21. The third-order valence-corrected chi connectivity index (χ3v) is 4.50. The second-order valence-corrected chi connectivity index (χ2v) is 8.64. The molecule has 0 fully saturated rings. The maximum absolute atomic E-state index is 5.35. The number of benzene rings is 2. The van der Waals surface area contributed by atoms with Gasteiger partial charge in [-0.1, -0.05) is 78.4 Å². The van der Waals surface area contributed by atoms with E-state index in [4.69, 9.17) is 32.2 Å². The zero-order valence-corrected chi connectivity index (χ0v) is 22.7.